The molecule has 0 spiro atoms. The van der Waals surface area contributed by atoms with Gasteiger partial charge in [-0.05, 0) is 38.8 Å². The highest BCUT2D eigenvalue weighted by atomic mass is 19.4. The summed E-state index contributed by atoms with van der Waals surface area (Å²) in [5, 5.41) is 0. The van der Waals surface area contributed by atoms with Crippen LogP contribution in [0.15, 0.2) is 18.3 Å². The first-order valence-corrected chi connectivity index (χ1v) is 8.24. The normalized spacial score (nSPS) is 34.2. The third-order valence-electron chi connectivity index (χ3n) is 4.83. The van der Waals surface area contributed by atoms with Crippen molar-refractivity contribution in [3.63, 3.8) is 0 Å². The molecular weight excluding hydrogens is 353 g/mol. The van der Waals surface area contributed by atoms with Crippen LogP contribution in [-0.2, 0) is 19.0 Å². The summed E-state index contributed by atoms with van der Waals surface area (Å²) < 4.78 is 56.7. The van der Waals surface area contributed by atoms with E-state index in [1.54, 1.807) is 26.0 Å². The van der Waals surface area contributed by atoms with E-state index in [4.69, 9.17) is 19.9 Å². The number of primary amides is 1. The number of nitrogens with two attached hydrogens (primary N) is 1. The van der Waals surface area contributed by atoms with Crippen molar-refractivity contribution in [1.29, 1.82) is 0 Å². The molecule has 2 aliphatic rings. The molecule has 144 valence electrons. The van der Waals surface area contributed by atoms with Crippen molar-refractivity contribution in [2.75, 3.05) is 6.61 Å². The SMILES string of the molecule is CC1(C)OC[C@@H](c2ncccc2C2CC(C)(C(F)(F)F)OC2C(N)=O)O1. The van der Waals surface area contributed by atoms with Gasteiger partial charge in [-0.25, -0.2) is 0 Å². The molecule has 2 saturated heterocycles. The largest absolute Gasteiger partial charge is 0.417 e. The van der Waals surface area contributed by atoms with E-state index in [9.17, 15) is 18.0 Å². The highest BCUT2D eigenvalue weighted by Crippen LogP contribution is 2.50. The van der Waals surface area contributed by atoms with Crippen LogP contribution in [0.1, 0.15) is 50.5 Å². The van der Waals surface area contributed by atoms with Gasteiger partial charge in [-0.15, -0.1) is 0 Å². The molecule has 1 aromatic heterocycles. The van der Waals surface area contributed by atoms with E-state index in [1.165, 1.54) is 6.20 Å². The van der Waals surface area contributed by atoms with Crippen LogP contribution in [0.5, 0.6) is 0 Å². The zero-order chi connectivity index (χ0) is 19.3. The fourth-order valence-corrected chi connectivity index (χ4v) is 3.48. The second-order valence-electron chi connectivity index (χ2n) is 7.28. The number of pyridine rings is 1. The van der Waals surface area contributed by atoms with Crippen LogP contribution in [0.3, 0.4) is 0 Å². The highest BCUT2D eigenvalue weighted by molar-refractivity contribution is 5.80. The molecule has 0 radical (unpaired) electrons. The van der Waals surface area contributed by atoms with E-state index in [-0.39, 0.29) is 6.61 Å². The average molecular weight is 374 g/mol. The molecule has 4 atom stereocenters. The minimum atomic E-state index is -4.63. The summed E-state index contributed by atoms with van der Waals surface area (Å²) in [6, 6.07) is 3.23. The topological polar surface area (TPSA) is 83.7 Å². The van der Waals surface area contributed by atoms with Gasteiger partial charge in [0.2, 0.25) is 5.91 Å². The monoisotopic (exact) mass is 374 g/mol. The van der Waals surface area contributed by atoms with Crippen molar-refractivity contribution in [2.24, 2.45) is 5.73 Å². The van der Waals surface area contributed by atoms with Gasteiger partial charge in [0.05, 0.1) is 12.3 Å². The Hall–Kier alpha value is -1.71. The molecule has 3 heterocycles. The smallest absolute Gasteiger partial charge is 0.367 e. The van der Waals surface area contributed by atoms with Gasteiger partial charge in [0.25, 0.3) is 0 Å². The summed E-state index contributed by atoms with van der Waals surface area (Å²) in [5.74, 6) is -2.65. The molecule has 3 unspecified atom stereocenters. The number of nitrogens with zero attached hydrogens (tertiary/aromatic N) is 1. The number of amides is 1. The van der Waals surface area contributed by atoms with Gasteiger partial charge in [0.1, 0.15) is 12.2 Å². The summed E-state index contributed by atoms with van der Waals surface area (Å²) in [7, 11) is 0. The zero-order valence-electron chi connectivity index (χ0n) is 14.7. The first-order chi connectivity index (χ1) is 11.9. The number of carbonyl (C=O) groups is 1. The molecule has 2 fully saturated rings. The molecular formula is C17H21F3N2O4. The lowest BCUT2D eigenvalue weighted by atomic mass is 9.85. The molecule has 0 aliphatic carbocycles. The highest BCUT2D eigenvalue weighted by Gasteiger charge is 2.61. The van der Waals surface area contributed by atoms with Crippen molar-refractivity contribution in [2.45, 2.75) is 62.9 Å². The Morgan fingerprint density at radius 3 is 2.54 bits per heavy atom. The second-order valence-corrected chi connectivity index (χ2v) is 7.28. The van der Waals surface area contributed by atoms with E-state index in [0.29, 0.717) is 11.3 Å². The molecule has 2 N–H and O–H groups in total. The molecule has 9 heteroatoms. The van der Waals surface area contributed by atoms with Crippen LogP contribution >= 0.6 is 0 Å². The van der Waals surface area contributed by atoms with Crippen LogP contribution in [0.2, 0.25) is 0 Å². The fourth-order valence-electron chi connectivity index (χ4n) is 3.48. The van der Waals surface area contributed by atoms with E-state index >= 15 is 0 Å². The van der Waals surface area contributed by atoms with E-state index in [0.717, 1.165) is 6.92 Å². The minimum Gasteiger partial charge on any atom is -0.367 e. The summed E-state index contributed by atoms with van der Waals surface area (Å²) in [6.07, 6.45) is -5.50. The van der Waals surface area contributed by atoms with Crippen LogP contribution in [0, 0.1) is 0 Å². The molecule has 3 rings (SSSR count). The van der Waals surface area contributed by atoms with Gasteiger partial charge in [0, 0.05) is 12.1 Å². The van der Waals surface area contributed by atoms with Crippen LogP contribution in [0.4, 0.5) is 13.2 Å². The fraction of sp³-hybridized carbons (Fsp3) is 0.647. The maximum atomic E-state index is 13.4. The molecule has 6 nitrogen and oxygen atoms in total. The van der Waals surface area contributed by atoms with Crippen molar-refractivity contribution >= 4 is 5.91 Å². The Bertz CT molecular complexity index is 709. The van der Waals surface area contributed by atoms with Gasteiger partial charge in [-0.2, -0.15) is 13.2 Å². The molecule has 1 amide bonds. The Morgan fingerprint density at radius 2 is 2.00 bits per heavy atom. The molecule has 0 aromatic carbocycles. The lowest BCUT2D eigenvalue weighted by Gasteiger charge is -2.26. The maximum absolute atomic E-state index is 13.4. The Morgan fingerprint density at radius 1 is 1.31 bits per heavy atom. The number of aromatic nitrogens is 1. The van der Waals surface area contributed by atoms with Gasteiger partial charge < -0.3 is 19.9 Å². The Labute approximate surface area is 148 Å². The molecule has 0 bridgehead atoms. The predicted octanol–water partition coefficient (Wildman–Crippen LogP) is 2.58. The zero-order valence-corrected chi connectivity index (χ0v) is 14.7. The van der Waals surface area contributed by atoms with Gasteiger partial charge in [-0.3, -0.25) is 9.78 Å². The number of carbonyl (C=O) groups excluding carboxylic acids is 1. The van der Waals surface area contributed by atoms with Crippen molar-refractivity contribution in [1.82, 2.24) is 4.98 Å². The van der Waals surface area contributed by atoms with E-state index < -0.39 is 48.0 Å². The van der Waals surface area contributed by atoms with Crippen LogP contribution in [0.25, 0.3) is 0 Å². The lowest BCUT2D eigenvalue weighted by molar-refractivity contribution is -0.262. The number of alkyl halides is 3. The van der Waals surface area contributed by atoms with Gasteiger partial charge in [-0.1, -0.05) is 6.07 Å². The molecule has 1 aromatic rings. The van der Waals surface area contributed by atoms with E-state index in [1.807, 2.05) is 0 Å². The first kappa shape index (κ1) is 19.1. The number of rotatable bonds is 3. The molecule has 2 aliphatic heterocycles. The van der Waals surface area contributed by atoms with Gasteiger partial charge >= 0.3 is 6.18 Å². The molecule has 0 saturated carbocycles. The third-order valence-corrected chi connectivity index (χ3v) is 4.83. The number of hydrogen-bond acceptors (Lipinski definition) is 5. The Kier molecular flexibility index (Phi) is 4.53. The third kappa shape index (κ3) is 3.30. The van der Waals surface area contributed by atoms with E-state index in [2.05, 4.69) is 4.98 Å². The van der Waals surface area contributed by atoms with Crippen LogP contribution < -0.4 is 5.73 Å². The summed E-state index contributed by atoms with van der Waals surface area (Å²) in [4.78, 5) is 16.1. The van der Waals surface area contributed by atoms with Crippen molar-refractivity contribution in [3.05, 3.63) is 29.6 Å². The number of hydrogen-bond donors (Lipinski definition) is 1. The number of halogens is 3. The Balaban J connectivity index is 1.99. The van der Waals surface area contributed by atoms with Crippen molar-refractivity contribution in [3.8, 4) is 0 Å². The van der Waals surface area contributed by atoms with Crippen molar-refractivity contribution < 1.29 is 32.2 Å². The summed E-state index contributed by atoms with van der Waals surface area (Å²) in [5.41, 5.74) is 3.76. The lowest BCUT2D eigenvalue weighted by Crippen LogP contribution is -2.43. The second kappa shape index (κ2) is 6.17. The quantitative estimate of drug-likeness (QED) is 0.879. The standard InChI is InChI=1S/C17H21F3N2O4/c1-15(2)24-8-11(25-15)12-9(5-4-6-22-12)10-7-16(3,17(18,19)20)26-13(10)14(21)23/h4-6,10-11,13H,7-8H2,1-3H3,(H2,21,23)/t10?,11-,13?,16?/m0/s1. The average Bonchev–Trinajstić information content (AvgIpc) is 3.08. The first-order valence-electron chi connectivity index (χ1n) is 8.24. The molecule has 26 heavy (non-hydrogen) atoms. The summed E-state index contributed by atoms with van der Waals surface area (Å²) >= 11 is 0. The maximum Gasteiger partial charge on any atom is 0.417 e. The predicted molar refractivity (Wildman–Crippen MR) is 84.0 cm³/mol. The minimum absolute atomic E-state index is 0.211. The summed E-state index contributed by atoms with van der Waals surface area (Å²) in [6.45, 7) is 4.61. The van der Waals surface area contributed by atoms with Crippen LogP contribution in [-0.4, -0.2) is 41.2 Å². The number of ether oxygens (including phenoxy) is 3. The van der Waals surface area contributed by atoms with Gasteiger partial charge in [0.15, 0.2) is 11.4 Å².